The number of nitrogens with zero attached hydrogens (tertiary/aromatic N) is 2. The van der Waals surface area contributed by atoms with E-state index in [2.05, 4.69) is 43.5 Å². The fraction of sp³-hybridized carbons (Fsp3) is 0. The van der Waals surface area contributed by atoms with Crippen molar-refractivity contribution in [2.75, 3.05) is 5.73 Å². The van der Waals surface area contributed by atoms with Crippen LogP contribution in [-0.2, 0) is 0 Å². The van der Waals surface area contributed by atoms with Crippen molar-refractivity contribution in [3.05, 3.63) is 50.3 Å². The standard InChI is InChI=1S/C13H8BrFIN3/c14-9-6-8(2-3-10(9)15)19-12-4-1-7(16)5-11(12)18-13(19)17/h1-6H,(H2,17,18). The molecule has 0 radical (unpaired) electrons. The lowest BCUT2D eigenvalue weighted by atomic mass is 10.2. The second-order valence-electron chi connectivity index (χ2n) is 4.04. The number of imidazole rings is 1. The molecule has 19 heavy (non-hydrogen) atoms. The lowest BCUT2D eigenvalue weighted by Gasteiger charge is -2.07. The molecule has 0 saturated carbocycles. The molecule has 0 unspecified atom stereocenters. The highest BCUT2D eigenvalue weighted by molar-refractivity contribution is 14.1. The van der Waals surface area contributed by atoms with E-state index < -0.39 is 0 Å². The van der Waals surface area contributed by atoms with Crippen LogP contribution in [0.2, 0.25) is 0 Å². The van der Waals surface area contributed by atoms with Gasteiger partial charge in [-0.1, -0.05) is 0 Å². The van der Waals surface area contributed by atoms with Gasteiger partial charge in [-0.25, -0.2) is 9.37 Å². The number of aromatic nitrogens is 2. The highest BCUT2D eigenvalue weighted by Crippen LogP contribution is 2.27. The van der Waals surface area contributed by atoms with Gasteiger partial charge >= 0.3 is 0 Å². The topological polar surface area (TPSA) is 43.8 Å². The smallest absolute Gasteiger partial charge is 0.205 e. The number of anilines is 1. The Morgan fingerprint density at radius 1 is 1.21 bits per heavy atom. The summed E-state index contributed by atoms with van der Waals surface area (Å²) in [6.07, 6.45) is 0. The SMILES string of the molecule is Nc1nc2cc(I)ccc2n1-c1ccc(F)c(Br)c1. The number of hydrogen-bond donors (Lipinski definition) is 1. The second kappa shape index (κ2) is 4.75. The van der Waals surface area contributed by atoms with E-state index in [9.17, 15) is 4.39 Å². The molecule has 0 aliphatic rings. The van der Waals surface area contributed by atoms with Gasteiger partial charge < -0.3 is 5.73 Å². The zero-order chi connectivity index (χ0) is 13.6. The van der Waals surface area contributed by atoms with Crippen LogP contribution in [0.3, 0.4) is 0 Å². The van der Waals surface area contributed by atoms with Gasteiger partial charge in [0.2, 0.25) is 5.95 Å². The molecule has 0 amide bonds. The van der Waals surface area contributed by atoms with Gasteiger partial charge in [-0.3, -0.25) is 4.57 Å². The molecule has 0 fully saturated rings. The molecule has 0 aliphatic heterocycles. The number of fused-ring (bicyclic) bond motifs is 1. The Kier molecular flexibility index (Phi) is 3.22. The normalized spacial score (nSPS) is 11.1. The van der Waals surface area contributed by atoms with Crippen LogP contribution in [0.4, 0.5) is 10.3 Å². The summed E-state index contributed by atoms with van der Waals surface area (Å²) in [5.41, 5.74) is 8.46. The molecule has 0 saturated heterocycles. The van der Waals surface area contributed by atoms with E-state index in [0.29, 0.717) is 10.4 Å². The summed E-state index contributed by atoms with van der Waals surface area (Å²) < 4.78 is 16.6. The van der Waals surface area contributed by atoms with Crippen molar-refractivity contribution in [1.82, 2.24) is 9.55 Å². The molecular weight excluding hydrogens is 424 g/mol. The predicted octanol–water partition coefficient (Wildman–Crippen LogP) is 4.11. The van der Waals surface area contributed by atoms with Gasteiger partial charge in [-0.05, 0) is 74.9 Å². The predicted molar refractivity (Wildman–Crippen MR) is 85.9 cm³/mol. The van der Waals surface area contributed by atoms with E-state index >= 15 is 0 Å². The lowest BCUT2D eigenvalue weighted by Crippen LogP contribution is -2.00. The fourth-order valence-electron chi connectivity index (χ4n) is 1.97. The van der Waals surface area contributed by atoms with Crippen LogP contribution in [0.15, 0.2) is 40.9 Å². The van der Waals surface area contributed by atoms with Gasteiger partial charge in [-0.2, -0.15) is 0 Å². The van der Waals surface area contributed by atoms with E-state index in [4.69, 9.17) is 5.73 Å². The Hall–Kier alpha value is -1.15. The van der Waals surface area contributed by atoms with E-state index in [-0.39, 0.29) is 5.82 Å². The maximum Gasteiger partial charge on any atom is 0.205 e. The monoisotopic (exact) mass is 431 g/mol. The summed E-state index contributed by atoms with van der Waals surface area (Å²) in [7, 11) is 0. The minimum atomic E-state index is -0.304. The van der Waals surface area contributed by atoms with E-state index in [1.807, 2.05) is 18.2 Å². The molecule has 2 N–H and O–H groups in total. The fourth-order valence-corrected chi connectivity index (χ4v) is 2.81. The molecule has 3 nitrogen and oxygen atoms in total. The van der Waals surface area contributed by atoms with Crippen molar-refractivity contribution in [3.63, 3.8) is 0 Å². The first kappa shape index (κ1) is 12.9. The average Bonchev–Trinajstić information content (AvgIpc) is 2.68. The molecular formula is C13H8BrFIN3. The molecule has 96 valence electrons. The van der Waals surface area contributed by atoms with Crippen molar-refractivity contribution in [2.24, 2.45) is 0 Å². The van der Waals surface area contributed by atoms with Crippen molar-refractivity contribution in [3.8, 4) is 5.69 Å². The van der Waals surface area contributed by atoms with Crippen LogP contribution in [0.25, 0.3) is 16.7 Å². The summed E-state index contributed by atoms with van der Waals surface area (Å²) in [5.74, 6) is 0.0804. The largest absolute Gasteiger partial charge is 0.369 e. The summed E-state index contributed by atoms with van der Waals surface area (Å²) in [4.78, 5) is 4.33. The third-order valence-corrected chi connectivity index (χ3v) is 4.08. The van der Waals surface area contributed by atoms with Crippen LogP contribution in [0.1, 0.15) is 0 Å². The van der Waals surface area contributed by atoms with Gasteiger partial charge in [0, 0.05) is 3.57 Å². The van der Waals surface area contributed by atoms with Gasteiger partial charge in [0.15, 0.2) is 0 Å². The maximum absolute atomic E-state index is 13.3. The molecule has 3 rings (SSSR count). The Morgan fingerprint density at radius 2 is 2.00 bits per heavy atom. The summed E-state index contributed by atoms with van der Waals surface area (Å²) in [5, 5.41) is 0. The Bertz CT molecular complexity index is 785. The summed E-state index contributed by atoms with van der Waals surface area (Å²) >= 11 is 5.41. The zero-order valence-electron chi connectivity index (χ0n) is 9.57. The number of halogens is 3. The van der Waals surface area contributed by atoms with Crippen LogP contribution >= 0.6 is 38.5 Å². The highest BCUT2D eigenvalue weighted by Gasteiger charge is 2.11. The number of hydrogen-bond acceptors (Lipinski definition) is 2. The number of nitrogen functional groups attached to an aromatic ring is 1. The lowest BCUT2D eigenvalue weighted by molar-refractivity contribution is 0.620. The molecule has 1 aromatic heterocycles. The maximum atomic E-state index is 13.3. The van der Waals surface area contributed by atoms with Gasteiger partial charge in [0.25, 0.3) is 0 Å². The van der Waals surface area contributed by atoms with Crippen molar-refractivity contribution in [1.29, 1.82) is 0 Å². The van der Waals surface area contributed by atoms with Crippen LogP contribution in [-0.4, -0.2) is 9.55 Å². The summed E-state index contributed by atoms with van der Waals surface area (Å²) in [6.45, 7) is 0. The second-order valence-corrected chi connectivity index (χ2v) is 6.14. The minimum Gasteiger partial charge on any atom is -0.369 e. The van der Waals surface area contributed by atoms with E-state index in [0.717, 1.165) is 20.3 Å². The third-order valence-electron chi connectivity index (χ3n) is 2.80. The Labute approximate surface area is 130 Å². The Morgan fingerprint density at radius 3 is 2.74 bits per heavy atom. The summed E-state index contributed by atoms with van der Waals surface area (Å²) in [6, 6.07) is 10.7. The molecule has 1 heterocycles. The molecule has 6 heteroatoms. The molecule has 3 aromatic rings. The highest BCUT2D eigenvalue weighted by atomic mass is 127. The van der Waals surface area contributed by atoms with Gasteiger partial charge in [-0.15, -0.1) is 0 Å². The van der Waals surface area contributed by atoms with E-state index in [1.165, 1.54) is 6.07 Å². The average molecular weight is 432 g/mol. The van der Waals surface area contributed by atoms with Crippen molar-refractivity contribution >= 4 is 55.5 Å². The number of benzene rings is 2. The van der Waals surface area contributed by atoms with Gasteiger partial charge in [0.1, 0.15) is 5.82 Å². The molecule has 2 aromatic carbocycles. The van der Waals surface area contributed by atoms with Crippen LogP contribution < -0.4 is 5.73 Å². The first-order valence-corrected chi connectivity index (χ1v) is 7.32. The Balaban J connectivity index is 2.29. The third kappa shape index (κ3) is 2.23. The number of rotatable bonds is 1. The van der Waals surface area contributed by atoms with Crippen LogP contribution in [0, 0.1) is 9.39 Å². The number of nitrogens with two attached hydrogens (primary N) is 1. The van der Waals surface area contributed by atoms with Gasteiger partial charge in [0.05, 0.1) is 21.2 Å². The van der Waals surface area contributed by atoms with Crippen molar-refractivity contribution < 1.29 is 4.39 Å². The molecule has 0 aliphatic carbocycles. The minimum absolute atomic E-state index is 0.304. The first-order chi connectivity index (χ1) is 9.06. The van der Waals surface area contributed by atoms with Crippen molar-refractivity contribution in [2.45, 2.75) is 0 Å². The quantitative estimate of drug-likeness (QED) is 0.589. The van der Waals surface area contributed by atoms with E-state index in [1.54, 1.807) is 16.7 Å². The first-order valence-electron chi connectivity index (χ1n) is 5.45. The zero-order valence-corrected chi connectivity index (χ0v) is 13.3. The molecule has 0 atom stereocenters. The molecule has 0 bridgehead atoms. The molecule has 0 spiro atoms. The van der Waals surface area contributed by atoms with Crippen LogP contribution in [0.5, 0.6) is 0 Å².